The minimum absolute atomic E-state index is 0.0801. The maximum Gasteiger partial charge on any atom is 0.261 e. The Labute approximate surface area is 176 Å². The van der Waals surface area contributed by atoms with Crippen LogP contribution in [0.1, 0.15) is 22.3 Å². The number of benzene rings is 3. The molecule has 0 aromatic heterocycles. The minimum atomic E-state index is -3.75. The lowest BCUT2D eigenvalue weighted by Gasteiger charge is -2.30. The predicted octanol–water partition coefficient (Wildman–Crippen LogP) is 4.09. The number of nitrogens with zero attached hydrogens (tertiary/aromatic N) is 1. The molecule has 0 radical (unpaired) electrons. The first-order valence-electron chi connectivity index (χ1n) is 9.65. The van der Waals surface area contributed by atoms with E-state index in [1.165, 1.54) is 0 Å². The van der Waals surface area contributed by atoms with Crippen molar-refractivity contribution in [3.05, 3.63) is 83.9 Å². The second-order valence-corrected chi connectivity index (χ2v) is 8.73. The number of sulfonamides is 1. The second-order valence-electron chi connectivity index (χ2n) is 7.05. The van der Waals surface area contributed by atoms with E-state index in [1.54, 1.807) is 66.6 Å². The van der Waals surface area contributed by atoms with E-state index in [0.29, 0.717) is 23.5 Å². The molecule has 1 aliphatic heterocycles. The van der Waals surface area contributed by atoms with Gasteiger partial charge in [-0.3, -0.25) is 9.52 Å². The number of methoxy groups -OCH3 is 1. The van der Waals surface area contributed by atoms with E-state index in [9.17, 15) is 13.2 Å². The number of amides is 1. The molecule has 0 bridgehead atoms. The summed E-state index contributed by atoms with van der Waals surface area (Å²) in [7, 11) is -2.20. The number of rotatable bonds is 5. The molecule has 0 atom stereocenters. The van der Waals surface area contributed by atoms with Gasteiger partial charge in [-0.05, 0) is 73.0 Å². The summed E-state index contributed by atoms with van der Waals surface area (Å²) in [4.78, 5) is 14.8. The van der Waals surface area contributed by atoms with E-state index in [1.807, 2.05) is 18.2 Å². The molecule has 1 heterocycles. The van der Waals surface area contributed by atoms with Crippen LogP contribution < -0.4 is 14.4 Å². The summed E-state index contributed by atoms with van der Waals surface area (Å²) < 4.78 is 33.4. The summed E-state index contributed by atoms with van der Waals surface area (Å²) in [6.07, 6.45) is 1.50. The van der Waals surface area contributed by atoms with Crippen molar-refractivity contribution in [1.29, 1.82) is 0 Å². The zero-order chi connectivity index (χ0) is 21.1. The third-order valence-electron chi connectivity index (χ3n) is 5.09. The van der Waals surface area contributed by atoms with Gasteiger partial charge in [0.25, 0.3) is 15.9 Å². The molecule has 0 unspecified atom stereocenters. The van der Waals surface area contributed by atoms with Crippen molar-refractivity contribution in [3.8, 4) is 5.75 Å². The number of carbonyl (C=O) groups is 1. The van der Waals surface area contributed by atoms with Gasteiger partial charge in [-0.2, -0.15) is 0 Å². The third kappa shape index (κ3) is 4.02. The van der Waals surface area contributed by atoms with Crippen molar-refractivity contribution in [1.82, 2.24) is 0 Å². The Morgan fingerprint density at radius 1 is 1.00 bits per heavy atom. The lowest BCUT2D eigenvalue weighted by Crippen LogP contribution is -2.35. The van der Waals surface area contributed by atoms with Crippen LogP contribution in [0.5, 0.6) is 5.75 Å². The van der Waals surface area contributed by atoms with Gasteiger partial charge >= 0.3 is 0 Å². The van der Waals surface area contributed by atoms with Gasteiger partial charge in [0.15, 0.2) is 0 Å². The number of carbonyl (C=O) groups excluding carboxylic acids is 1. The summed E-state index contributed by atoms with van der Waals surface area (Å²) in [6.45, 7) is 0.608. The van der Waals surface area contributed by atoms with Gasteiger partial charge in [0.2, 0.25) is 0 Å². The molecule has 0 fully saturated rings. The first kappa shape index (κ1) is 20.0. The van der Waals surface area contributed by atoms with Gasteiger partial charge in [0.1, 0.15) is 5.75 Å². The highest BCUT2D eigenvalue weighted by molar-refractivity contribution is 7.92. The first-order chi connectivity index (χ1) is 14.5. The number of ether oxygens (including phenoxy) is 1. The molecule has 3 aromatic carbocycles. The van der Waals surface area contributed by atoms with Crippen LogP contribution in [0.4, 0.5) is 11.4 Å². The fourth-order valence-corrected chi connectivity index (χ4v) is 4.67. The number of anilines is 2. The number of nitrogens with one attached hydrogen (secondary N) is 1. The largest absolute Gasteiger partial charge is 0.497 e. The molecule has 7 heteroatoms. The molecule has 1 N–H and O–H groups in total. The average Bonchev–Trinajstić information content (AvgIpc) is 2.78. The van der Waals surface area contributed by atoms with Crippen molar-refractivity contribution < 1.29 is 17.9 Å². The van der Waals surface area contributed by atoms with E-state index in [4.69, 9.17) is 4.74 Å². The molecule has 0 spiro atoms. The van der Waals surface area contributed by atoms with Crippen LogP contribution in [0.25, 0.3) is 0 Å². The first-order valence-corrected chi connectivity index (χ1v) is 11.1. The molecule has 1 aliphatic rings. The van der Waals surface area contributed by atoms with Crippen LogP contribution in [0.3, 0.4) is 0 Å². The van der Waals surface area contributed by atoms with E-state index in [2.05, 4.69) is 4.72 Å². The molecule has 0 saturated heterocycles. The fourth-order valence-electron chi connectivity index (χ4n) is 3.56. The SMILES string of the molecule is COc1ccc(NS(=O)(=O)c2ccc3c(c2)CCCN3C(=O)c2ccccc2)cc1. The van der Waals surface area contributed by atoms with E-state index < -0.39 is 10.0 Å². The number of fused-ring (bicyclic) bond motifs is 1. The minimum Gasteiger partial charge on any atom is -0.497 e. The smallest absolute Gasteiger partial charge is 0.261 e. The quantitative estimate of drug-likeness (QED) is 0.672. The van der Waals surface area contributed by atoms with Crippen LogP contribution in [-0.2, 0) is 16.4 Å². The molecule has 154 valence electrons. The number of hydrogen-bond donors (Lipinski definition) is 1. The van der Waals surface area contributed by atoms with Gasteiger partial charge in [-0.1, -0.05) is 18.2 Å². The van der Waals surface area contributed by atoms with Gasteiger partial charge < -0.3 is 9.64 Å². The highest BCUT2D eigenvalue weighted by Crippen LogP contribution is 2.31. The molecule has 6 nitrogen and oxygen atoms in total. The Bertz CT molecular complexity index is 1160. The number of aryl methyl sites for hydroxylation is 1. The van der Waals surface area contributed by atoms with Gasteiger partial charge in [-0.15, -0.1) is 0 Å². The Morgan fingerprint density at radius 2 is 1.73 bits per heavy atom. The molecule has 30 heavy (non-hydrogen) atoms. The van der Waals surface area contributed by atoms with E-state index >= 15 is 0 Å². The summed E-state index contributed by atoms with van der Waals surface area (Å²) in [5.74, 6) is 0.568. The van der Waals surface area contributed by atoms with Gasteiger partial charge in [0, 0.05) is 23.5 Å². The zero-order valence-electron chi connectivity index (χ0n) is 16.5. The van der Waals surface area contributed by atoms with Crippen LogP contribution >= 0.6 is 0 Å². The van der Waals surface area contributed by atoms with Crippen LogP contribution in [-0.4, -0.2) is 28.0 Å². The summed E-state index contributed by atoms with van der Waals surface area (Å²) >= 11 is 0. The van der Waals surface area contributed by atoms with Crippen molar-refractivity contribution in [2.75, 3.05) is 23.3 Å². The van der Waals surface area contributed by atoms with Crippen molar-refractivity contribution >= 4 is 27.3 Å². The highest BCUT2D eigenvalue weighted by atomic mass is 32.2. The summed E-state index contributed by atoms with van der Waals surface area (Å²) in [6, 6.07) is 20.7. The van der Waals surface area contributed by atoms with Crippen LogP contribution in [0, 0.1) is 0 Å². The molecular weight excluding hydrogens is 400 g/mol. The average molecular weight is 423 g/mol. The molecule has 3 aromatic rings. The molecular formula is C23H22N2O4S. The van der Waals surface area contributed by atoms with Crippen molar-refractivity contribution in [2.24, 2.45) is 0 Å². The third-order valence-corrected chi connectivity index (χ3v) is 6.47. The Balaban J connectivity index is 1.60. The summed E-state index contributed by atoms with van der Waals surface area (Å²) in [5.41, 5.74) is 2.68. The standard InChI is InChI=1S/C23H22N2O4S/c1-29-20-11-9-19(10-12-20)24-30(27,28)21-13-14-22-18(16-21)8-5-15-25(22)23(26)17-6-3-2-4-7-17/h2-4,6-7,9-14,16,24H,5,8,15H2,1H3. The maximum absolute atomic E-state index is 12.9. The normalized spacial score (nSPS) is 13.4. The zero-order valence-corrected chi connectivity index (χ0v) is 17.4. The monoisotopic (exact) mass is 422 g/mol. The Kier molecular flexibility index (Phi) is 5.46. The predicted molar refractivity (Wildman–Crippen MR) is 117 cm³/mol. The Morgan fingerprint density at radius 3 is 2.43 bits per heavy atom. The lowest BCUT2D eigenvalue weighted by atomic mass is 10.0. The number of hydrogen-bond acceptors (Lipinski definition) is 4. The molecule has 0 aliphatic carbocycles. The van der Waals surface area contributed by atoms with Gasteiger partial charge in [-0.25, -0.2) is 8.42 Å². The molecule has 1 amide bonds. The van der Waals surface area contributed by atoms with Crippen LogP contribution in [0.15, 0.2) is 77.7 Å². The van der Waals surface area contributed by atoms with Gasteiger partial charge in [0.05, 0.1) is 12.0 Å². The Hall–Kier alpha value is -3.32. The topological polar surface area (TPSA) is 75.7 Å². The molecule has 0 saturated carbocycles. The van der Waals surface area contributed by atoms with Crippen LogP contribution in [0.2, 0.25) is 0 Å². The fraction of sp³-hybridized carbons (Fsp3) is 0.174. The maximum atomic E-state index is 12.9. The van der Waals surface area contributed by atoms with Crippen molar-refractivity contribution in [2.45, 2.75) is 17.7 Å². The molecule has 4 rings (SSSR count). The van der Waals surface area contributed by atoms with E-state index in [0.717, 1.165) is 24.1 Å². The van der Waals surface area contributed by atoms with E-state index in [-0.39, 0.29) is 10.8 Å². The lowest BCUT2D eigenvalue weighted by molar-refractivity contribution is 0.0985. The summed E-state index contributed by atoms with van der Waals surface area (Å²) in [5, 5.41) is 0. The highest BCUT2D eigenvalue weighted by Gasteiger charge is 2.25. The van der Waals surface area contributed by atoms with Crippen molar-refractivity contribution in [3.63, 3.8) is 0 Å². The second kappa shape index (κ2) is 8.20.